The number of para-hydroxylation sites is 11. The monoisotopic (exact) mass is 1820 g/mol. The molecule has 0 radical (unpaired) electrons. The van der Waals surface area contributed by atoms with Crippen LogP contribution in [0.4, 0.5) is 0 Å². The molecule has 700 valence electrons. The van der Waals surface area contributed by atoms with Gasteiger partial charge in [0.25, 0.3) is 0 Å². The van der Waals surface area contributed by atoms with Crippen LogP contribution in [0, 0.1) is 27.7 Å². The van der Waals surface area contributed by atoms with Crippen molar-refractivity contribution in [2.45, 2.75) is 186 Å². The van der Waals surface area contributed by atoms with Crippen molar-refractivity contribution >= 4 is 21.9 Å². The van der Waals surface area contributed by atoms with Crippen LogP contribution < -0.4 is 37.2 Å². The van der Waals surface area contributed by atoms with Crippen molar-refractivity contribution in [2.75, 3.05) is 0 Å². The van der Waals surface area contributed by atoms with Crippen molar-refractivity contribution in [1.29, 1.82) is 0 Å². The minimum Gasteiger partial charge on any atom is -0.420 e. The molecule has 0 N–H and O–H groups in total. The number of ether oxygens (including phenoxy) is 4. The van der Waals surface area contributed by atoms with Gasteiger partial charge in [0.05, 0.1) is 51.7 Å². The zero-order valence-corrected chi connectivity index (χ0v) is 84.9. The van der Waals surface area contributed by atoms with E-state index >= 15 is 0 Å². The summed E-state index contributed by atoms with van der Waals surface area (Å²) in [6.45, 7) is 44.4. The fourth-order valence-corrected chi connectivity index (χ4v) is 18.6. The van der Waals surface area contributed by atoms with Crippen LogP contribution in [0.5, 0.6) is 46.5 Å². The minimum absolute atomic E-state index is 0.362. The molecule has 136 heavy (non-hydrogen) atoms. The number of nitrogens with zero attached hydrogens (tertiary/aromatic N) is 15. The van der Waals surface area contributed by atoms with E-state index in [1.54, 1.807) is 0 Å². The fourth-order valence-electron chi connectivity index (χ4n) is 18.6. The van der Waals surface area contributed by atoms with Crippen molar-refractivity contribution < 1.29 is 37.2 Å². The van der Waals surface area contributed by atoms with Gasteiger partial charge in [-0.15, -0.1) is 0 Å². The third-order valence-corrected chi connectivity index (χ3v) is 26.3. The zero-order chi connectivity index (χ0) is 97.1. The molecule has 19 nitrogen and oxygen atoms in total. The Morgan fingerprint density at radius 2 is 0.588 bits per heavy atom. The van der Waals surface area contributed by atoms with E-state index in [1.807, 2.05) is 125 Å². The van der Waals surface area contributed by atoms with E-state index < -0.39 is 0 Å². The van der Waals surface area contributed by atoms with Gasteiger partial charge in [-0.25, -0.2) is 15.0 Å². The Labute approximate surface area is 804 Å². The van der Waals surface area contributed by atoms with E-state index in [1.165, 1.54) is 78.2 Å². The second kappa shape index (κ2) is 40.9. The van der Waals surface area contributed by atoms with Gasteiger partial charge in [0, 0.05) is 96.0 Å². The highest BCUT2D eigenvalue weighted by atomic mass is 16.5. The van der Waals surface area contributed by atoms with Gasteiger partial charge in [-0.1, -0.05) is 287 Å². The first kappa shape index (κ1) is 96.3. The van der Waals surface area contributed by atoms with Crippen LogP contribution in [0.3, 0.4) is 0 Å². The van der Waals surface area contributed by atoms with Gasteiger partial charge in [-0.05, 0) is 146 Å². The predicted octanol–water partition coefficient (Wildman–Crippen LogP) is 27.1. The molecule has 0 fully saturated rings. The largest absolute Gasteiger partial charge is 0.420 e. The molecule has 0 aliphatic rings. The Kier molecular flexibility index (Phi) is 28.9. The zero-order valence-electron chi connectivity index (χ0n) is 84.9. The molecular formula is C117H137N15O4+4. The summed E-state index contributed by atoms with van der Waals surface area (Å²) in [5.41, 5.74) is 25.3. The second-order valence-electron chi connectivity index (χ2n) is 38.6. The van der Waals surface area contributed by atoms with Crippen LogP contribution in [0.1, 0.15) is 225 Å². The summed E-state index contributed by atoms with van der Waals surface area (Å²) in [7, 11) is 16.5. The average Bonchev–Trinajstić information content (AvgIpc) is 1.76. The van der Waals surface area contributed by atoms with Gasteiger partial charge in [0.2, 0.25) is 11.6 Å². The quantitative estimate of drug-likeness (QED) is 0.0551. The summed E-state index contributed by atoms with van der Waals surface area (Å²) < 4.78 is 52.2. The third kappa shape index (κ3) is 19.3. The molecule has 19 heteroatoms. The molecule has 0 saturated carbocycles. The standard InChI is InChI=1S/C32H36N3O.C31H35N4O.2C27H33N4O/c1-21(2)25-15-12-16-26(22(3)4)31(25)35-20-30(36-29-18-11-8-13-23(29)5)34(7)32(35)28-19-24-14-9-10-17-27(24)33(28)6;1-20(2)23-14-12-15-24(21(3)4)29(23)35-19-28(36-27-18-11-8-13-22(27)5)34(7)31(35)30-32-25-16-9-10-17-26(25)33(30)6;1-18(2)21-12-10-13-22(19(3)4)26(21)31-16-25(32-24-14-9-8-11-20(24)5)30(7)27(31)23-15-28-17-29(23)6;1-18(2)21-12-10-13-22(19(3)4)25(21)31-17-24(32-23-14-9-8-11-20(23)5)30(7)27(31)26-28-15-16-29(26)6/h8-22H,1-7H3;8-21H,1-7H3;2*8-19H,1-7H3/q4*+1. The van der Waals surface area contributed by atoms with Gasteiger partial charge >= 0.3 is 46.8 Å². The summed E-state index contributed by atoms with van der Waals surface area (Å²) in [4.78, 5) is 14.2. The maximum atomic E-state index is 6.55. The highest BCUT2D eigenvalue weighted by Crippen LogP contribution is 2.44. The van der Waals surface area contributed by atoms with Crippen molar-refractivity contribution in [1.82, 2.24) is 51.5 Å². The van der Waals surface area contributed by atoms with Crippen LogP contribution >= 0.6 is 0 Å². The Hall–Kier alpha value is -14.3. The lowest BCUT2D eigenvalue weighted by molar-refractivity contribution is -0.664. The Morgan fingerprint density at radius 1 is 0.294 bits per heavy atom. The molecule has 18 rings (SSSR count). The molecule has 0 aliphatic carbocycles. The minimum atomic E-state index is 0.362. The van der Waals surface area contributed by atoms with Crippen LogP contribution in [0.2, 0.25) is 0 Å². The maximum Gasteiger partial charge on any atom is 0.333 e. The molecule has 0 amide bonds. The van der Waals surface area contributed by atoms with E-state index in [-0.39, 0.29) is 0 Å². The molecule has 0 bridgehead atoms. The highest BCUT2D eigenvalue weighted by Gasteiger charge is 2.39. The second-order valence-corrected chi connectivity index (χ2v) is 38.6. The number of benzene rings is 10. The molecule has 8 heterocycles. The van der Waals surface area contributed by atoms with E-state index in [0.717, 1.165) is 126 Å². The molecule has 0 aliphatic heterocycles. The number of fused-ring (bicyclic) bond motifs is 2. The first-order chi connectivity index (χ1) is 65.1. The number of aryl methyl sites for hydroxylation is 8. The normalized spacial score (nSPS) is 11.6. The van der Waals surface area contributed by atoms with Crippen molar-refractivity contribution in [3.63, 3.8) is 0 Å². The van der Waals surface area contributed by atoms with E-state index in [0.29, 0.717) is 47.3 Å². The summed E-state index contributed by atoms with van der Waals surface area (Å²) in [5, 5.41) is 1.23. The molecule has 10 aromatic carbocycles. The summed E-state index contributed by atoms with van der Waals surface area (Å²) in [6, 6.07) is 78.3. The Morgan fingerprint density at radius 3 is 0.890 bits per heavy atom. The molecular weight excluding hydrogens is 1680 g/mol. The summed E-state index contributed by atoms with van der Waals surface area (Å²) in [5.74, 6) is 15.4. The lowest BCUT2D eigenvalue weighted by Crippen LogP contribution is -2.32. The number of aromatic nitrogens is 15. The van der Waals surface area contributed by atoms with Crippen LogP contribution in [-0.4, -0.2) is 51.5 Å². The molecule has 0 saturated heterocycles. The van der Waals surface area contributed by atoms with Gasteiger partial charge < -0.3 is 37.2 Å². The maximum absolute atomic E-state index is 6.55. The van der Waals surface area contributed by atoms with Gasteiger partial charge in [0.15, 0.2) is 30.5 Å². The molecule has 18 aromatic rings. The van der Waals surface area contributed by atoms with Gasteiger partial charge in [-0.3, -0.25) is 0 Å². The molecule has 0 spiro atoms. The number of hydrogen-bond acceptors (Lipinski definition) is 7. The molecule has 8 aromatic heterocycles. The first-order valence-electron chi connectivity index (χ1n) is 48.0. The predicted molar refractivity (Wildman–Crippen MR) is 552 cm³/mol. The highest BCUT2D eigenvalue weighted by molar-refractivity contribution is 5.86. The smallest absolute Gasteiger partial charge is 0.333 e. The van der Waals surface area contributed by atoms with Crippen molar-refractivity contribution in [2.24, 2.45) is 56.4 Å². The number of hydrogen-bond donors (Lipinski definition) is 0. The number of rotatable bonds is 24. The molecule has 0 unspecified atom stereocenters. The molecule has 0 atom stereocenters. The lowest BCUT2D eigenvalue weighted by Gasteiger charge is -2.17. The van der Waals surface area contributed by atoms with E-state index in [4.69, 9.17) is 23.9 Å². The third-order valence-electron chi connectivity index (χ3n) is 26.3. The Bertz CT molecular complexity index is 6780. The van der Waals surface area contributed by atoms with E-state index in [9.17, 15) is 0 Å². The van der Waals surface area contributed by atoms with E-state index in [2.05, 4.69) is 409 Å². The summed E-state index contributed by atoms with van der Waals surface area (Å²) >= 11 is 0. The SMILES string of the molecule is Cc1ccccc1Oc1cn(-c2c(C(C)C)cccc2C(C)C)c(-c2cc3ccccc3n2C)[n+]1C.Cc1ccccc1Oc1cn(-c2c(C(C)C)cccc2C(C)C)c(-c2cncn2C)[n+]1C.Cc1ccccc1Oc1cn(-c2c(C(C)C)cccc2C(C)C)c(-c2nc3ccccc3n2C)[n+]1C.Cc1ccccc1Oc1cn(-c2c(C(C)C)cccc2C(C)C)c(-c2nccn2C)[n+]1C. The van der Waals surface area contributed by atoms with Gasteiger partial charge in [0.1, 0.15) is 51.4 Å². The average molecular weight is 1820 g/mol. The first-order valence-corrected chi connectivity index (χ1v) is 48.0. The van der Waals surface area contributed by atoms with Crippen LogP contribution in [0.25, 0.3) is 91.0 Å². The van der Waals surface area contributed by atoms with Crippen molar-refractivity contribution in [3.05, 3.63) is 341 Å². The lowest BCUT2D eigenvalue weighted by atomic mass is 9.92. The number of imidazole rings is 7. The van der Waals surface area contributed by atoms with Crippen LogP contribution in [0.15, 0.2) is 274 Å². The van der Waals surface area contributed by atoms with Crippen LogP contribution in [-0.2, 0) is 56.4 Å². The summed E-state index contributed by atoms with van der Waals surface area (Å²) in [6.07, 6.45) is 16.1. The Balaban J connectivity index is 0.000000138. The van der Waals surface area contributed by atoms with Crippen molar-refractivity contribution in [3.8, 4) is 116 Å². The fraction of sp³-hybridized carbons (Fsp3) is 0.308. The topological polar surface area (TPSA) is 131 Å². The van der Waals surface area contributed by atoms with Gasteiger partial charge in [-0.2, -0.15) is 36.5 Å².